The Balaban J connectivity index is 1.98. The normalized spacial score (nSPS) is 10.4. The number of nitrogens with one attached hydrogen (secondary N) is 3. The topological polar surface area (TPSA) is 118 Å². The fourth-order valence-electron chi connectivity index (χ4n) is 2.34. The zero-order chi connectivity index (χ0) is 22.6. The number of carbonyl (C=O) groups excluding carboxylic acids is 3. The fourth-order valence-corrected chi connectivity index (χ4v) is 2.52. The van der Waals surface area contributed by atoms with E-state index in [1.54, 1.807) is 56.3 Å². The van der Waals surface area contributed by atoms with Crippen molar-refractivity contribution in [3.05, 3.63) is 53.1 Å². The van der Waals surface area contributed by atoms with Crippen LogP contribution in [0.5, 0.6) is 11.5 Å². The smallest absolute Gasteiger partial charge is 0.329 e. The van der Waals surface area contributed by atoms with Gasteiger partial charge in [0.05, 0.1) is 23.5 Å². The highest BCUT2D eigenvalue weighted by atomic mass is 35.5. The van der Waals surface area contributed by atoms with Gasteiger partial charge in [0.2, 0.25) is 0 Å². The summed E-state index contributed by atoms with van der Waals surface area (Å²) in [6.45, 7) is 3.97. The van der Waals surface area contributed by atoms with Crippen LogP contribution < -0.4 is 25.5 Å². The number of benzene rings is 2. The summed E-state index contributed by atoms with van der Waals surface area (Å²) in [5.41, 5.74) is 3.21. The molecule has 0 spiro atoms. The van der Waals surface area contributed by atoms with Crippen LogP contribution in [0.4, 0.5) is 5.69 Å². The number of likely N-dealkylation sites (N-methyl/N-ethyl adjacent to an activating group) is 1. The molecule has 0 radical (unpaired) electrons. The molecule has 0 saturated heterocycles. The van der Waals surface area contributed by atoms with E-state index in [0.717, 1.165) is 0 Å². The predicted octanol–water partition coefficient (Wildman–Crippen LogP) is 2.34. The first-order valence-electron chi connectivity index (χ1n) is 9.49. The van der Waals surface area contributed by atoms with E-state index in [1.807, 2.05) is 0 Å². The fraction of sp³-hybridized carbons (Fsp3) is 0.238. The van der Waals surface area contributed by atoms with E-state index in [2.05, 4.69) is 21.2 Å². The molecule has 10 heteroatoms. The number of amides is 3. The van der Waals surface area contributed by atoms with Crippen molar-refractivity contribution in [2.75, 3.05) is 25.1 Å². The minimum atomic E-state index is -0.868. The summed E-state index contributed by atoms with van der Waals surface area (Å²) in [5, 5.41) is 9.21. The lowest BCUT2D eigenvalue weighted by atomic mass is 10.2. The number of hydrogen-bond acceptors (Lipinski definition) is 6. The average molecular weight is 447 g/mol. The molecule has 0 aliphatic heterocycles. The van der Waals surface area contributed by atoms with Crippen molar-refractivity contribution in [1.82, 2.24) is 10.7 Å². The van der Waals surface area contributed by atoms with E-state index in [0.29, 0.717) is 40.9 Å². The number of nitrogens with zero attached hydrogens (tertiary/aromatic N) is 1. The Kier molecular flexibility index (Phi) is 9.31. The first kappa shape index (κ1) is 23.7. The number of rotatable bonds is 9. The van der Waals surface area contributed by atoms with Crippen LogP contribution in [0, 0.1) is 0 Å². The zero-order valence-electron chi connectivity index (χ0n) is 17.1. The lowest BCUT2D eigenvalue weighted by molar-refractivity contribution is -0.139. The van der Waals surface area contributed by atoms with Gasteiger partial charge in [-0.15, -0.1) is 0 Å². The van der Waals surface area contributed by atoms with E-state index in [1.165, 1.54) is 6.21 Å². The van der Waals surface area contributed by atoms with Crippen molar-refractivity contribution in [1.29, 1.82) is 0 Å². The third kappa shape index (κ3) is 7.63. The maximum absolute atomic E-state index is 12.2. The number of carbonyl (C=O) groups is 3. The molecule has 2 aromatic rings. The number of anilines is 1. The zero-order valence-corrected chi connectivity index (χ0v) is 17.9. The van der Waals surface area contributed by atoms with Crippen LogP contribution in [0.1, 0.15) is 19.4 Å². The van der Waals surface area contributed by atoms with Crippen molar-refractivity contribution in [3.8, 4) is 11.5 Å². The van der Waals surface area contributed by atoms with Crippen LogP contribution in [0.15, 0.2) is 47.6 Å². The molecule has 164 valence electrons. The summed E-state index contributed by atoms with van der Waals surface area (Å²) in [6.07, 6.45) is 1.35. The average Bonchev–Trinajstić information content (AvgIpc) is 2.75. The summed E-state index contributed by atoms with van der Waals surface area (Å²) in [4.78, 5) is 35.0. The molecular weight excluding hydrogens is 424 g/mol. The molecule has 2 rings (SSSR count). The molecule has 0 aromatic heterocycles. The molecular formula is C21H23ClN4O5. The van der Waals surface area contributed by atoms with Crippen LogP contribution in [0.25, 0.3) is 0 Å². The van der Waals surface area contributed by atoms with Gasteiger partial charge in [-0.25, -0.2) is 5.43 Å². The lowest BCUT2D eigenvalue weighted by Crippen LogP contribution is -2.37. The van der Waals surface area contributed by atoms with E-state index < -0.39 is 11.8 Å². The molecule has 0 heterocycles. The third-order valence-corrected chi connectivity index (χ3v) is 4.03. The molecule has 0 bridgehead atoms. The summed E-state index contributed by atoms with van der Waals surface area (Å²) in [6, 6.07) is 11.8. The molecule has 0 saturated carbocycles. The molecule has 0 atom stereocenters. The largest absolute Gasteiger partial charge is 0.490 e. The summed E-state index contributed by atoms with van der Waals surface area (Å²) < 4.78 is 11.1. The number of hydrazone groups is 1. The highest BCUT2D eigenvalue weighted by Gasteiger charge is 2.12. The van der Waals surface area contributed by atoms with Gasteiger partial charge in [0.25, 0.3) is 5.91 Å². The third-order valence-electron chi connectivity index (χ3n) is 3.70. The Morgan fingerprint density at radius 1 is 1.03 bits per heavy atom. The van der Waals surface area contributed by atoms with Gasteiger partial charge in [-0.05, 0) is 49.7 Å². The Morgan fingerprint density at radius 3 is 2.52 bits per heavy atom. The number of halogens is 1. The highest BCUT2D eigenvalue weighted by molar-refractivity contribution is 6.35. The van der Waals surface area contributed by atoms with Gasteiger partial charge in [-0.3, -0.25) is 14.4 Å². The molecule has 2 aromatic carbocycles. The highest BCUT2D eigenvalue weighted by Crippen LogP contribution is 2.28. The number of hydrogen-bond donors (Lipinski definition) is 3. The molecule has 0 aliphatic rings. The standard InChI is InChI=1S/C21H23ClN4O5/c1-3-23-20(28)21(29)26-24-12-14-9-10-17(18(11-14)30-4-2)31-13-19(27)25-16-8-6-5-7-15(16)22/h5-12H,3-4,13H2,1-2H3,(H,23,28)(H,25,27)(H,26,29)/b24-12-. The first-order valence-corrected chi connectivity index (χ1v) is 9.87. The van der Waals surface area contributed by atoms with Gasteiger partial charge in [-0.2, -0.15) is 5.10 Å². The Hall–Kier alpha value is -3.59. The number of para-hydroxylation sites is 1. The molecule has 9 nitrogen and oxygen atoms in total. The van der Waals surface area contributed by atoms with Crippen molar-refractivity contribution in [3.63, 3.8) is 0 Å². The van der Waals surface area contributed by atoms with Crippen LogP contribution in [0.3, 0.4) is 0 Å². The maximum Gasteiger partial charge on any atom is 0.329 e. The van der Waals surface area contributed by atoms with Crippen molar-refractivity contribution < 1.29 is 23.9 Å². The summed E-state index contributed by atoms with van der Waals surface area (Å²) in [5.74, 6) is -1.26. The van der Waals surface area contributed by atoms with E-state index >= 15 is 0 Å². The van der Waals surface area contributed by atoms with Gasteiger partial charge in [0.15, 0.2) is 18.1 Å². The van der Waals surface area contributed by atoms with Crippen LogP contribution in [-0.4, -0.2) is 43.7 Å². The number of ether oxygens (including phenoxy) is 2. The van der Waals surface area contributed by atoms with Gasteiger partial charge < -0.3 is 20.1 Å². The molecule has 0 aliphatic carbocycles. The second-order valence-electron chi connectivity index (χ2n) is 6.01. The lowest BCUT2D eigenvalue weighted by Gasteiger charge is -2.13. The Labute approximate surface area is 184 Å². The van der Waals surface area contributed by atoms with Crippen molar-refractivity contribution in [2.45, 2.75) is 13.8 Å². The Morgan fingerprint density at radius 2 is 1.81 bits per heavy atom. The van der Waals surface area contributed by atoms with E-state index in [-0.39, 0.29) is 12.5 Å². The van der Waals surface area contributed by atoms with E-state index in [9.17, 15) is 14.4 Å². The van der Waals surface area contributed by atoms with Gasteiger partial charge in [0, 0.05) is 6.54 Å². The van der Waals surface area contributed by atoms with Crippen LogP contribution in [0.2, 0.25) is 5.02 Å². The van der Waals surface area contributed by atoms with Gasteiger partial charge in [0.1, 0.15) is 0 Å². The molecule has 0 fully saturated rings. The minimum Gasteiger partial charge on any atom is -0.490 e. The van der Waals surface area contributed by atoms with Gasteiger partial charge >= 0.3 is 11.8 Å². The predicted molar refractivity (Wildman–Crippen MR) is 118 cm³/mol. The van der Waals surface area contributed by atoms with Crippen LogP contribution in [-0.2, 0) is 14.4 Å². The first-order chi connectivity index (χ1) is 14.9. The molecule has 3 amide bonds. The van der Waals surface area contributed by atoms with Crippen molar-refractivity contribution in [2.24, 2.45) is 5.10 Å². The maximum atomic E-state index is 12.2. The van der Waals surface area contributed by atoms with E-state index in [4.69, 9.17) is 21.1 Å². The van der Waals surface area contributed by atoms with Crippen molar-refractivity contribution >= 4 is 41.2 Å². The SMILES string of the molecule is CCNC(=O)C(=O)N/N=C\c1ccc(OCC(=O)Nc2ccccc2Cl)c(OCC)c1. The van der Waals surface area contributed by atoms with Gasteiger partial charge in [-0.1, -0.05) is 23.7 Å². The monoisotopic (exact) mass is 446 g/mol. The second-order valence-corrected chi connectivity index (χ2v) is 6.42. The van der Waals surface area contributed by atoms with Crippen LogP contribution >= 0.6 is 11.6 Å². The molecule has 3 N–H and O–H groups in total. The summed E-state index contributed by atoms with van der Waals surface area (Å²) in [7, 11) is 0. The Bertz CT molecular complexity index is 965. The second kappa shape index (κ2) is 12.2. The summed E-state index contributed by atoms with van der Waals surface area (Å²) >= 11 is 6.03. The quantitative estimate of drug-likeness (QED) is 0.310. The molecule has 0 unspecified atom stereocenters. The molecule has 31 heavy (non-hydrogen) atoms. The minimum absolute atomic E-state index is 0.249.